The van der Waals surface area contributed by atoms with Gasteiger partial charge in [-0.3, -0.25) is 13.7 Å². The Bertz CT molecular complexity index is 10700. The van der Waals surface area contributed by atoms with E-state index in [0.717, 1.165) is 101 Å². The van der Waals surface area contributed by atoms with E-state index >= 15 is 0 Å². The first-order valence-electron chi connectivity index (χ1n) is 48.0. The third-order valence-corrected chi connectivity index (χ3v) is 31.0. The highest BCUT2D eigenvalue weighted by Gasteiger charge is 2.34. The molecule has 3 aliphatic carbocycles. The predicted octanol–water partition coefficient (Wildman–Crippen LogP) is 34.2. The quantitative estimate of drug-likeness (QED) is 0.158. The van der Waals surface area contributed by atoms with Crippen LogP contribution in [0.25, 0.3) is 307 Å². The summed E-state index contributed by atoms with van der Waals surface area (Å²) in [6.07, 6.45) is 0. The van der Waals surface area contributed by atoms with Gasteiger partial charge in [-0.15, -0.1) is 11.3 Å². The molecule has 30 aromatic rings. The second kappa shape index (κ2) is 29.9. The highest BCUT2D eigenvalue weighted by molar-refractivity contribution is 7.27. The molecule has 19 aromatic carbocycles. The number of para-hydroxylation sites is 2. The van der Waals surface area contributed by atoms with Gasteiger partial charge >= 0.3 is 0 Å². The van der Waals surface area contributed by atoms with Crippen LogP contribution in [-0.2, 0) is 0 Å². The molecule has 0 N–H and O–H groups in total. The summed E-state index contributed by atoms with van der Waals surface area (Å²) in [7, 11) is 0. The number of nitrogens with zero attached hydrogens (tertiary/aromatic N) is 10. The van der Waals surface area contributed by atoms with Crippen LogP contribution in [0, 0.1) is 0 Å². The van der Waals surface area contributed by atoms with Crippen molar-refractivity contribution in [1.29, 1.82) is 0 Å². The average molecular weight is 1810 g/mol. The van der Waals surface area contributed by atoms with E-state index in [1.54, 1.807) is 0 Å². The van der Waals surface area contributed by atoms with Gasteiger partial charge in [0.05, 0.1) is 99.0 Å². The van der Waals surface area contributed by atoms with Crippen LogP contribution < -0.4 is 0 Å². The fourth-order valence-electron chi connectivity index (χ4n) is 24.0. The van der Waals surface area contributed by atoms with Crippen molar-refractivity contribution in [2.45, 2.75) is 0 Å². The Kier molecular flexibility index (Phi) is 16.5. The molecule has 0 fully saturated rings. The molecule has 0 radical (unpaired) electrons. The van der Waals surface area contributed by atoms with Crippen molar-refractivity contribution in [2.24, 2.45) is 0 Å². The largest absolute Gasteiger partial charge is 0.309 e. The molecule has 0 saturated heterocycles. The summed E-state index contributed by atoms with van der Waals surface area (Å²) < 4.78 is 12.2. The van der Waals surface area contributed by atoms with Crippen LogP contribution in [0.2, 0.25) is 0 Å². The van der Waals surface area contributed by atoms with Crippen LogP contribution >= 0.6 is 11.3 Å². The molecule has 10 nitrogen and oxygen atoms in total. The number of aromatic nitrogens is 10. The van der Waals surface area contributed by atoms with E-state index in [9.17, 15) is 0 Å². The number of benzene rings is 19. The van der Waals surface area contributed by atoms with Gasteiger partial charge in [-0.05, 0) is 221 Å². The summed E-state index contributed by atoms with van der Waals surface area (Å²) in [6.45, 7) is 0. The molecule has 0 unspecified atom stereocenters. The van der Waals surface area contributed by atoms with Gasteiger partial charge in [0.25, 0.3) is 0 Å². The number of hydrogen-bond donors (Lipinski definition) is 0. The first-order valence-corrected chi connectivity index (χ1v) is 48.9. The molecule has 0 amide bonds. The van der Waals surface area contributed by atoms with Crippen molar-refractivity contribution in [3.63, 3.8) is 0 Å². The molecule has 11 heteroatoms. The lowest BCUT2D eigenvalue weighted by molar-refractivity contribution is 1.10. The lowest BCUT2D eigenvalue weighted by atomic mass is 9.91. The average Bonchev–Trinajstić information content (AvgIpc) is 1.47. The molecule has 141 heavy (non-hydrogen) atoms. The Morgan fingerprint density at radius 3 is 1.15 bits per heavy atom. The maximum Gasteiger partial charge on any atom is 0.138 e. The topological polar surface area (TPSA) is 97.1 Å². The van der Waals surface area contributed by atoms with E-state index in [0.29, 0.717) is 0 Å². The Morgan fingerprint density at radius 1 is 0.177 bits per heavy atom. The van der Waals surface area contributed by atoms with Crippen molar-refractivity contribution >= 4 is 195 Å². The Labute approximate surface area is 809 Å². The van der Waals surface area contributed by atoms with Crippen molar-refractivity contribution in [3.8, 4) is 124 Å². The highest BCUT2D eigenvalue weighted by atomic mass is 32.1. The van der Waals surface area contributed by atoms with Crippen molar-refractivity contribution in [2.75, 3.05) is 0 Å². The molecule has 0 saturated carbocycles. The third-order valence-electron chi connectivity index (χ3n) is 29.8. The van der Waals surface area contributed by atoms with E-state index in [1.807, 2.05) is 41.7 Å². The van der Waals surface area contributed by atoms with Gasteiger partial charge in [0, 0.05) is 97.3 Å². The van der Waals surface area contributed by atoms with Gasteiger partial charge in [0.2, 0.25) is 0 Å². The number of pyridine rings is 6. The summed E-state index contributed by atoms with van der Waals surface area (Å²) >= 11 is 1.89. The predicted molar refractivity (Wildman–Crippen MR) is 588 cm³/mol. The molecule has 650 valence electrons. The standard InChI is InChI=1S/C48H28N4.C42H23N3S.C40H23N3/c1-3-12-29(13-4-1)36-23-24-38-37(49-36)25-27-43(50-38)52-40-26-22-30-14-11-20-33-32-17-7-8-18-34(32)46-45-35-19-9-10-21-39(35)51(31-15-5-2-6-16-31)41(45)28-42(52)48(46)47(40)44(30)33;1-2-10-24(11-3-1)31-20-21-33-32(43-31)22-23-36(44-33)45-34-18-9-16-28-26-13-5-4-12-25(26)27-15-8-17-30-37(27)40(39(28)34)41(45)42-38(30)29-14-6-7-19-35(29)46-42;1-2-9-24(10-3-1)32-18-19-34-33(41-32)20-22-36(42-34)43-35-21-17-25-12-8-16-30-28-14-6-7-15-29(28)31-23-26-11-4-5-13-27(26)40(43)38(31)39(35)37(25)30/h1-28H;1-23H;1-23H. The SMILES string of the molecule is c1ccc(-c2ccc3nc(-n4c5cc6c(c7c5c5c8c(cccc8ccc54)-c4ccccc4-7)c4ccccc4n6-c4ccccc4)ccc3n2)cc1.c1ccc(-c2ccc3nc(-n4c5ccc6cccc7c6c5c5c(cc6ccccc6c54)-c4ccccc4-7)ccc3n2)cc1.c1ccc(-c2ccc3nc(-n4c5cccc6c5c5c7c(cccc7c7c8ccccc8sc7c54)-c4ccccc4-6)ccc3n2)cc1. The lowest BCUT2D eigenvalue weighted by Crippen LogP contribution is -2.00. The van der Waals surface area contributed by atoms with Gasteiger partial charge in [-0.1, -0.05) is 322 Å². The Balaban J connectivity index is 0.0000000977. The molecule has 0 atom stereocenters. The van der Waals surface area contributed by atoms with E-state index in [4.69, 9.17) is 29.9 Å². The number of hydrogen-bond acceptors (Lipinski definition) is 7. The zero-order chi connectivity index (χ0) is 91.9. The first-order chi connectivity index (χ1) is 70.0. The molecule has 33 rings (SSSR count). The second-order valence-electron chi connectivity index (χ2n) is 37.2. The molecule has 11 aromatic heterocycles. The first kappa shape index (κ1) is 77.6. The maximum atomic E-state index is 5.34. The number of thiophene rings is 1. The molecule has 0 spiro atoms. The van der Waals surface area contributed by atoms with Crippen LogP contribution in [0.1, 0.15) is 0 Å². The fourth-order valence-corrected chi connectivity index (χ4v) is 25.3. The minimum atomic E-state index is 0.866. The minimum absolute atomic E-state index is 0.866. The van der Waals surface area contributed by atoms with Gasteiger partial charge in [-0.25, -0.2) is 29.9 Å². The van der Waals surface area contributed by atoms with Crippen LogP contribution in [0.5, 0.6) is 0 Å². The fraction of sp³-hybridized carbons (Fsp3) is 0. The van der Waals surface area contributed by atoms with E-state index in [2.05, 4.69) is 437 Å². The summed E-state index contributed by atoms with van der Waals surface area (Å²) in [5.74, 6) is 2.68. The van der Waals surface area contributed by atoms with E-state index in [1.165, 1.54) is 206 Å². The summed E-state index contributed by atoms with van der Waals surface area (Å²) in [5, 5.41) is 23.0. The van der Waals surface area contributed by atoms with Crippen LogP contribution in [-0.4, -0.2) is 48.2 Å². The molecule has 0 bridgehead atoms. The van der Waals surface area contributed by atoms with E-state index in [-0.39, 0.29) is 0 Å². The molecule has 11 heterocycles. The van der Waals surface area contributed by atoms with Gasteiger partial charge in [0.15, 0.2) is 0 Å². The number of rotatable bonds is 7. The van der Waals surface area contributed by atoms with Crippen molar-refractivity contribution in [1.82, 2.24) is 48.2 Å². The highest BCUT2D eigenvalue weighted by Crippen LogP contribution is 2.59. The van der Waals surface area contributed by atoms with Crippen molar-refractivity contribution in [3.05, 3.63) is 449 Å². The minimum Gasteiger partial charge on any atom is -0.309 e. The monoisotopic (exact) mass is 1810 g/mol. The Hall–Kier alpha value is -18.7. The smallest absolute Gasteiger partial charge is 0.138 e. The third kappa shape index (κ3) is 11.3. The zero-order valence-electron chi connectivity index (χ0n) is 75.6. The van der Waals surface area contributed by atoms with Crippen LogP contribution in [0.4, 0.5) is 0 Å². The van der Waals surface area contributed by atoms with Gasteiger partial charge in [0.1, 0.15) is 17.5 Å². The van der Waals surface area contributed by atoms with Crippen molar-refractivity contribution < 1.29 is 0 Å². The zero-order valence-corrected chi connectivity index (χ0v) is 76.4. The molecular formula is C130H74N10S. The summed E-state index contributed by atoms with van der Waals surface area (Å²) in [6, 6.07) is 161. The molecular weight excluding hydrogens is 1730 g/mol. The van der Waals surface area contributed by atoms with Crippen LogP contribution in [0.15, 0.2) is 449 Å². The normalized spacial score (nSPS) is 12.3. The van der Waals surface area contributed by atoms with Crippen LogP contribution in [0.3, 0.4) is 0 Å². The molecule has 3 aliphatic rings. The Morgan fingerprint density at radius 2 is 0.567 bits per heavy atom. The number of fused-ring (bicyclic) bond motifs is 23. The van der Waals surface area contributed by atoms with Gasteiger partial charge in [-0.2, -0.15) is 0 Å². The summed E-state index contributed by atoms with van der Waals surface area (Å²) in [5.41, 5.74) is 37.3. The lowest BCUT2D eigenvalue weighted by Gasteiger charge is -2.15. The molecule has 0 aliphatic heterocycles. The van der Waals surface area contributed by atoms with Gasteiger partial charge < -0.3 is 4.57 Å². The van der Waals surface area contributed by atoms with E-state index < -0.39 is 0 Å². The summed E-state index contributed by atoms with van der Waals surface area (Å²) in [4.78, 5) is 30.9. The second-order valence-corrected chi connectivity index (χ2v) is 38.3. The maximum absolute atomic E-state index is 5.34.